The molecule has 0 aromatic carbocycles. The summed E-state index contributed by atoms with van der Waals surface area (Å²) in [4.78, 5) is 14.4. The van der Waals surface area contributed by atoms with Gasteiger partial charge in [0.1, 0.15) is 16.1 Å². The largest absolute Gasteiger partial charge is 0.591 e. The summed E-state index contributed by atoms with van der Waals surface area (Å²) >= 11 is -1.31. The molecule has 2 unspecified atom stereocenters. The minimum atomic E-state index is -1.31. The van der Waals surface area contributed by atoms with Crippen LogP contribution in [0.1, 0.15) is 128 Å². The van der Waals surface area contributed by atoms with Crippen molar-refractivity contribution in [2.24, 2.45) is 61.1 Å². The molecule has 5 rings (SSSR count). The average molecular weight is 704 g/mol. The molecule has 1 aliphatic heterocycles. The Morgan fingerprint density at radius 1 is 1.12 bits per heavy atom. The van der Waals surface area contributed by atoms with Crippen molar-refractivity contribution in [1.82, 2.24) is 0 Å². The average Bonchev–Trinajstić information content (AvgIpc) is 3.03. The zero-order chi connectivity index (χ0) is 36.2. The van der Waals surface area contributed by atoms with Crippen molar-refractivity contribution < 1.29 is 28.3 Å². The Morgan fingerprint density at radius 2 is 1.84 bits per heavy atom. The number of allylic oxidation sites excluding steroid dienone is 1. The van der Waals surface area contributed by atoms with Gasteiger partial charge in [-0.25, -0.2) is 0 Å². The number of carbonyl (C=O) groups excluding carboxylic acids is 1. The van der Waals surface area contributed by atoms with Gasteiger partial charge >= 0.3 is 5.97 Å². The molecule has 5 aliphatic rings. The Kier molecular flexibility index (Phi) is 11.3. The standard InChI is InChI=1S/C41H69NO6S/c1-13-14-22-48-35(43)33-37(8,28(4)27(2)3)19-20-39(10)29-15-16-32-38(9)25-46-26-41(32,30(29)17-18-40(33,39)11)24-31(45-12)34(38)47-23-21-42-49(44)36(5,6)7/h17,21,27-29,31-34H,13-16,18-20,22-26H2,1-12H3/t28-,29+,31-,32+,33-,34+,37-,38+,39-,40+,41?,49?/m1/s1. The van der Waals surface area contributed by atoms with E-state index in [1.807, 2.05) is 27.9 Å². The number of ether oxygens (including phenoxy) is 4. The molecule has 12 atom stereocenters. The Morgan fingerprint density at radius 3 is 2.47 bits per heavy atom. The number of nitrogens with zero attached hydrogens (tertiary/aromatic N) is 1. The van der Waals surface area contributed by atoms with Crippen molar-refractivity contribution in [3.8, 4) is 0 Å². The lowest BCUT2D eigenvalue weighted by molar-refractivity contribution is -0.264. The van der Waals surface area contributed by atoms with Crippen molar-refractivity contribution in [3.63, 3.8) is 0 Å². The van der Waals surface area contributed by atoms with E-state index in [0.29, 0.717) is 50.1 Å². The first-order valence-corrected chi connectivity index (χ1v) is 20.5. The third kappa shape index (κ3) is 6.31. The maximum Gasteiger partial charge on any atom is 0.310 e. The zero-order valence-corrected chi connectivity index (χ0v) is 33.8. The van der Waals surface area contributed by atoms with Crippen LogP contribution in [-0.4, -0.2) is 67.2 Å². The predicted molar refractivity (Wildman–Crippen MR) is 199 cm³/mol. The summed E-state index contributed by atoms with van der Waals surface area (Å²) in [5, 5.41) is 0. The van der Waals surface area contributed by atoms with Gasteiger partial charge in [-0.2, -0.15) is 0 Å². The minimum absolute atomic E-state index is 0.0288. The second-order valence-corrected chi connectivity index (χ2v) is 20.8. The number of unbranched alkanes of at least 4 members (excludes halogenated alkanes) is 1. The van der Waals surface area contributed by atoms with E-state index < -0.39 is 16.1 Å². The molecule has 2 bridgehead atoms. The molecule has 0 N–H and O–H groups in total. The van der Waals surface area contributed by atoms with Crippen LogP contribution in [-0.2, 0) is 35.1 Å². The first-order valence-electron chi connectivity index (χ1n) is 19.4. The highest BCUT2D eigenvalue weighted by Crippen LogP contribution is 2.75. The van der Waals surface area contributed by atoms with E-state index in [1.165, 1.54) is 0 Å². The Labute approximate surface area is 301 Å². The van der Waals surface area contributed by atoms with Gasteiger partial charge in [-0.05, 0) is 106 Å². The van der Waals surface area contributed by atoms with E-state index in [9.17, 15) is 9.35 Å². The lowest BCUT2D eigenvalue weighted by atomic mass is 9.34. The first-order chi connectivity index (χ1) is 22.9. The quantitative estimate of drug-likeness (QED) is 0.0703. The van der Waals surface area contributed by atoms with E-state index in [0.717, 1.165) is 51.4 Å². The first kappa shape index (κ1) is 39.3. The molecule has 4 fully saturated rings. The molecule has 0 spiro atoms. The van der Waals surface area contributed by atoms with Crippen molar-refractivity contribution in [2.45, 2.75) is 144 Å². The normalized spacial score (nSPS) is 43.3. The maximum absolute atomic E-state index is 14.4. The predicted octanol–water partition coefficient (Wildman–Crippen LogP) is 8.77. The van der Waals surface area contributed by atoms with Crippen LogP contribution < -0.4 is 0 Å². The number of hydrogen-bond acceptors (Lipinski definition) is 7. The van der Waals surface area contributed by atoms with Gasteiger partial charge in [-0.1, -0.05) is 77.9 Å². The number of esters is 1. The fraction of sp³-hybridized carbons (Fsp3) is 0.902. The molecule has 8 heteroatoms. The summed E-state index contributed by atoms with van der Waals surface area (Å²) in [5.74, 6) is 1.56. The fourth-order valence-electron chi connectivity index (χ4n) is 11.9. The maximum atomic E-state index is 14.4. The Bertz CT molecular complexity index is 1260. The molecule has 49 heavy (non-hydrogen) atoms. The van der Waals surface area contributed by atoms with Crippen LogP contribution in [0, 0.1) is 56.7 Å². The van der Waals surface area contributed by atoms with Crippen LogP contribution in [0.2, 0.25) is 0 Å². The van der Waals surface area contributed by atoms with Gasteiger partial charge in [0.15, 0.2) is 0 Å². The van der Waals surface area contributed by atoms with E-state index in [4.69, 9.17) is 18.9 Å². The van der Waals surface area contributed by atoms with Crippen molar-refractivity contribution >= 4 is 23.5 Å². The number of carbonyl (C=O) groups is 1. The second-order valence-electron chi connectivity index (χ2n) is 18.9. The van der Waals surface area contributed by atoms with Gasteiger partial charge < -0.3 is 23.5 Å². The molecule has 7 nitrogen and oxygen atoms in total. The van der Waals surface area contributed by atoms with Crippen molar-refractivity contribution in [2.75, 3.05) is 33.5 Å². The lowest BCUT2D eigenvalue weighted by Gasteiger charge is -2.71. The van der Waals surface area contributed by atoms with Crippen LogP contribution in [0.25, 0.3) is 0 Å². The van der Waals surface area contributed by atoms with E-state index in [1.54, 1.807) is 11.8 Å². The lowest BCUT2D eigenvalue weighted by Crippen LogP contribution is -2.70. The Balaban J connectivity index is 1.50. The molecule has 0 aromatic rings. The highest BCUT2D eigenvalue weighted by molar-refractivity contribution is 7.91. The van der Waals surface area contributed by atoms with Gasteiger partial charge in [-0.3, -0.25) is 4.79 Å². The van der Waals surface area contributed by atoms with Crippen LogP contribution in [0.3, 0.4) is 0 Å². The molecule has 1 saturated heterocycles. The summed E-state index contributed by atoms with van der Waals surface area (Å²) in [6.07, 6.45) is 12.1. The Hall–Kier alpha value is -0.930. The van der Waals surface area contributed by atoms with Crippen molar-refractivity contribution in [1.29, 1.82) is 0 Å². The fourth-order valence-corrected chi connectivity index (χ4v) is 12.4. The summed E-state index contributed by atoms with van der Waals surface area (Å²) in [5.41, 5.74) is 0.839. The SMILES string of the molecule is CCCCOC(=O)[C@@H]1[C@@](C)([C@H](C)C(C)C)CC[C@]2(C)[C@H]3CC[C@@H]4C5(COC[C@]4(C)[C@@H](OCC=N[S+]([O-])C(C)(C)C)[C@H](OC)C5)C3=CC[C@@]12C. The summed E-state index contributed by atoms with van der Waals surface area (Å²) in [7, 11) is 1.82. The van der Waals surface area contributed by atoms with Gasteiger partial charge in [0, 0.05) is 17.9 Å². The zero-order valence-electron chi connectivity index (χ0n) is 33.0. The number of rotatable bonds is 11. The summed E-state index contributed by atoms with van der Waals surface area (Å²) in [6, 6.07) is 0. The van der Waals surface area contributed by atoms with Crippen LogP contribution >= 0.6 is 0 Å². The number of methoxy groups -OCH3 is 1. The van der Waals surface area contributed by atoms with Gasteiger partial charge in [0.2, 0.25) is 0 Å². The minimum Gasteiger partial charge on any atom is -0.591 e. The smallest absolute Gasteiger partial charge is 0.310 e. The second kappa shape index (κ2) is 14.1. The molecule has 0 amide bonds. The molecule has 0 radical (unpaired) electrons. The van der Waals surface area contributed by atoms with E-state index in [-0.39, 0.29) is 51.2 Å². The van der Waals surface area contributed by atoms with Crippen LogP contribution in [0.15, 0.2) is 16.0 Å². The molecular weight excluding hydrogens is 635 g/mol. The molecular formula is C41H69NO6S. The van der Waals surface area contributed by atoms with E-state index in [2.05, 4.69) is 65.9 Å². The highest BCUT2D eigenvalue weighted by Gasteiger charge is 2.72. The summed E-state index contributed by atoms with van der Waals surface area (Å²) < 4.78 is 42.2. The van der Waals surface area contributed by atoms with Gasteiger partial charge in [0.25, 0.3) is 0 Å². The monoisotopic (exact) mass is 703 g/mol. The molecule has 1 heterocycles. The van der Waals surface area contributed by atoms with Gasteiger partial charge in [-0.15, -0.1) is 0 Å². The molecule has 280 valence electrons. The topological polar surface area (TPSA) is 89.4 Å². The van der Waals surface area contributed by atoms with Crippen LogP contribution in [0.4, 0.5) is 0 Å². The van der Waals surface area contributed by atoms with Crippen molar-refractivity contribution in [3.05, 3.63) is 11.6 Å². The molecule has 4 aliphatic carbocycles. The van der Waals surface area contributed by atoms with Crippen LogP contribution in [0.5, 0.6) is 0 Å². The molecule has 3 saturated carbocycles. The number of hydrogen-bond donors (Lipinski definition) is 0. The van der Waals surface area contributed by atoms with Gasteiger partial charge in [0.05, 0.1) is 50.8 Å². The summed E-state index contributed by atoms with van der Waals surface area (Å²) in [6.45, 7) is 26.8. The number of fused-ring (bicyclic) bond motifs is 3. The van der Waals surface area contributed by atoms with E-state index >= 15 is 0 Å². The highest BCUT2D eigenvalue weighted by atomic mass is 32.2. The third-order valence-electron chi connectivity index (χ3n) is 15.1. The molecule has 0 aromatic heterocycles. The third-order valence-corrected chi connectivity index (χ3v) is 16.5.